The van der Waals surface area contributed by atoms with Gasteiger partial charge >= 0.3 is 6.18 Å². The lowest BCUT2D eigenvalue weighted by Gasteiger charge is -2.09. The van der Waals surface area contributed by atoms with Crippen LogP contribution in [0.4, 0.5) is 18.9 Å². The Hall–Kier alpha value is -2.08. The number of carbonyl (C=O) groups is 1. The Morgan fingerprint density at radius 3 is 2.40 bits per heavy atom. The van der Waals surface area contributed by atoms with Crippen molar-refractivity contribution in [3.63, 3.8) is 0 Å². The third-order valence-corrected chi connectivity index (χ3v) is 2.73. The highest BCUT2D eigenvalue weighted by molar-refractivity contribution is 6.34. The standard InChI is InChI=1S/C13H8ClF3N2O/c14-10-6-11(13(15,16)17)18-7-9(10)12(20)19-8-4-2-1-3-5-8/h1-7H,(H,19,20). The SMILES string of the molecule is O=C(Nc1ccccc1)c1cnc(C(F)(F)F)cc1Cl. The van der Waals surface area contributed by atoms with Gasteiger partial charge in [0.1, 0.15) is 5.69 Å². The molecule has 0 saturated heterocycles. The highest BCUT2D eigenvalue weighted by Gasteiger charge is 2.33. The van der Waals surface area contributed by atoms with Crippen molar-refractivity contribution < 1.29 is 18.0 Å². The lowest BCUT2D eigenvalue weighted by atomic mass is 10.2. The quantitative estimate of drug-likeness (QED) is 0.910. The summed E-state index contributed by atoms with van der Waals surface area (Å²) < 4.78 is 37.3. The number of halogens is 4. The van der Waals surface area contributed by atoms with E-state index in [0.29, 0.717) is 11.8 Å². The topological polar surface area (TPSA) is 42.0 Å². The average Bonchev–Trinajstić information content (AvgIpc) is 2.38. The van der Waals surface area contributed by atoms with Gasteiger partial charge in [-0.2, -0.15) is 13.2 Å². The first-order valence-corrected chi connectivity index (χ1v) is 5.85. The molecule has 1 heterocycles. The predicted octanol–water partition coefficient (Wildman–Crippen LogP) is 4.01. The summed E-state index contributed by atoms with van der Waals surface area (Å²) in [5, 5.41) is 2.21. The van der Waals surface area contributed by atoms with E-state index >= 15 is 0 Å². The van der Waals surface area contributed by atoms with Gasteiger partial charge < -0.3 is 5.32 Å². The smallest absolute Gasteiger partial charge is 0.322 e. The van der Waals surface area contributed by atoms with Crippen LogP contribution in [-0.2, 0) is 6.18 Å². The lowest BCUT2D eigenvalue weighted by molar-refractivity contribution is -0.141. The van der Waals surface area contributed by atoms with Gasteiger partial charge in [-0.25, -0.2) is 0 Å². The van der Waals surface area contributed by atoms with Crippen LogP contribution in [-0.4, -0.2) is 10.9 Å². The number of hydrogen-bond acceptors (Lipinski definition) is 2. The number of aromatic nitrogens is 1. The molecule has 0 saturated carbocycles. The Kier molecular flexibility index (Phi) is 3.94. The van der Waals surface area contributed by atoms with E-state index in [1.807, 2.05) is 0 Å². The van der Waals surface area contributed by atoms with Gasteiger partial charge in [-0.1, -0.05) is 29.8 Å². The maximum absolute atomic E-state index is 12.4. The first-order valence-electron chi connectivity index (χ1n) is 5.47. The van der Waals surface area contributed by atoms with Crippen LogP contribution in [0, 0.1) is 0 Å². The van der Waals surface area contributed by atoms with E-state index in [4.69, 9.17) is 11.6 Å². The van der Waals surface area contributed by atoms with Gasteiger partial charge in [-0.3, -0.25) is 9.78 Å². The number of carbonyl (C=O) groups excluding carboxylic acids is 1. The molecule has 2 aromatic rings. The summed E-state index contributed by atoms with van der Waals surface area (Å²) >= 11 is 5.70. The van der Waals surface area contributed by atoms with Crippen LogP contribution in [0.1, 0.15) is 16.1 Å². The van der Waals surface area contributed by atoms with Gasteiger partial charge in [0, 0.05) is 11.9 Å². The molecule has 2 rings (SSSR count). The molecular weight excluding hydrogens is 293 g/mol. The Labute approximate surface area is 117 Å². The van der Waals surface area contributed by atoms with Crippen LogP contribution >= 0.6 is 11.6 Å². The summed E-state index contributed by atoms with van der Waals surface area (Å²) in [6.07, 6.45) is -3.79. The van der Waals surface area contributed by atoms with E-state index in [2.05, 4.69) is 10.3 Å². The van der Waals surface area contributed by atoms with Gasteiger partial charge in [0.25, 0.3) is 5.91 Å². The molecule has 0 aliphatic carbocycles. The van der Waals surface area contributed by atoms with E-state index < -0.39 is 17.8 Å². The van der Waals surface area contributed by atoms with E-state index in [-0.39, 0.29) is 10.6 Å². The second-order valence-electron chi connectivity index (χ2n) is 3.87. The number of pyridine rings is 1. The molecule has 0 spiro atoms. The minimum Gasteiger partial charge on any atom is -0.322 e. The van der Waals surface area contributed by atoms with E-state index in [9.17, 15) is 18.0 Å². The summed E-state index contributed by atoms with van der Waals surface area (Å²) in [6, 6.07) is 9.10. The van der Waals surface area contributed by atoms with Crippen molar-refractivity contribution in [1.82, 2.24) is 4.98 Å². The van der Waals surface area contributed by atoms with Crippen molar-refractivity contribution in [2.45, 2.75) is 6.18 Å². The first kappa shape index (κ1) is 14.3. The molecule has 0 radical (unpaired) electrons. The highest BCUT2D eigenvalue weighted by atomic mass is 35.5. The lowest BCUT2D eigenvalue weighted by Crippen LogP contribution is -2.15. The summed E-state index contributed by atoms with van der Waals surface area (Å²) in [7, 11) is 0. The molecule has 0 aliphatic heterocycles. The summed E-state index contributed by atoms with van der Waals surface area (Å²) in [5.74, 6) is -0.623. The van der Waals surface area contributed by atoms with Crippen LogP contribution < -0.4 is 5.32 Å². The third-order valence-electron chi connectivity index (χ3n) is 2.42. The van der Waals surface area contributed by atoms with Gasteiger partial charge in [-0.05, 0) is 18.2 Å². The van der Waals surface area contributed by atoms with Gasteiger partial charge in [0.15, 0.2) is 0 Å². The normalized spacial score (nSPS) is 11.2. The molecule has 0 bridgehead atoms. The van der Waals surface area contributed by atoms with E-state index in [1.165, 1.54) is 0 Å². The van der Waals surface area contributed by atoms with Crippen molar-refractivity contribution in [3.05, 3.63) is 58.9 Å². The molecule has 104 valence electrons. The molecule has 1 amide bonds. The maximum Gasteiger partial charge on any atom is 0.433 e. The molecule has 0 aliphatic rings. The minimum absolute atomic E-state index is 0.122. The number of alkyl halides is 3. The molecule has 7 heteroatoms. The number of nitrogens with one attached hydrogen (secondary N) is 1. The number of amides is 1. The first-order chi connectivity index (χ1) is 9.38. The molecule has 1 aromatic carbocycles. The second kappa shape index (κ2) is 5.50. The number of hydrogen-bond donors (Lipinski definition) is 1. The zero-order chi connectivity index (χ0) is 14.8. The second-order valence-corrected chi connectivity index (χ2v) is 4.27. The number of benzene rings is 1. The highest BCUT2D eigenvalue weighted by Crippen LogP contribution is 2.30. The van der Waals surface area contributed by atoms with Crippen molar-refractivity contribution in [3.8, 4) is 0 Å². The van der Waals surface area contributed by atoms with Crippen LogP contribution in [0.3, 0.4) is 0 Å². The fraction of sp³-hybridized carbons (Fsp3) is 0.0769. The molecule has 0 unspecified atom stereocenters. The maximum atomic E-state index is 12.4. The molecule has 0 atom stereocenters. The van der Waals surface area contributed by atoms with Crippen LogP contribution in [0.25, 0.3) is 0 Å². The number of rotatable bonds is 2. The molecule has 3 nitrogen and oxygen atoms in total. The molecular formula is C13H8ClF3N2O. The van der Waals surface area contributed by atoms with Gasteiger partial charge in [-0.15, -0.1) is 0 Å². The van der Waals surface area contributed by atoms with Crippen molar-refractivity contribution >= 4 is 23.2 Å². The molecule has 20 heavy (non-hydrogen) atoms. The van der Waals surface area contributed by atoms with Crippen molar-refractivity contribution in [2.75, 3.05) is 5.32 Å². The zero-order valence-corrected chi connectivity index (χ0v) is 10.7. The average molecular weight is 301 g/mol. The van der Waals surface area contributed by atoms with Crippen molar-refractivity contribution in [1.29, 1.82) is 0 Å². The fourth-order valence-electron chi connectivity index (χ4n) is 1.47. The zero-order valence-electron chi connectivity index (χ0n) is 9.91. The minimum atomic E-state index is -4.60. The largest absolute Gasteiger partial charge is 0.433 e. The van der Waals surface area contributed by atoms with Crippen LogP contribution in [0.2, 0.25) is 5.02 Å². The number of anilines is 1. The summed E-state index contributed by atoms with van der Waals surface area (Å²) in [6.45, 7) is 0. The summed E-state index contributed by atoms with van der Waals surface area (Å²) in [5.41, 5.74) is -0.754. The van der Waals surface area contributed by atoms with Crippen LogP contribution in [0.15, 0.2) is 42.6 Å². The Morgan fingerprint density at radius 1 is 1.20 bits per heavy atom. The van der Waals surface area contributed by atoms with E-state index in [0.717, 1.165) is 6.20 Å². The van der Waals surface area contributed by atoms with Crippen molar-refractivity contribution in [2.24, 2.45) is 0 Å². The van der Waals surface area contributed by atoms with Gasteiger partial charge in [0.2, 0.25) is 0 Å². The fourth-order valence-corrected chi connectivity index (χ4v) is 1.71. The predicted molar refractivity (Wildman–Crippen MR) is 68.6 cm³/mol. The Bertz CT molecular complexity index is 629. The number of para-hydroxylation sites is 1. The summed E-state index contributed by atoms with van der Waals surface area (Å²) in [4.78, 5) is 15.1. The molecule has 1 N–H and O–H groups in total. The Balaban J connectivity index is 2.23. The van der Waals surface area contributed by atoms with E-state index in [1.54, 1.807) is 30.3 Å². The monoisotopic (exact) mass is 300 g/mol. The Morgan fingerprint density at radius 2 is 1.85 bits per heavy atom. The molecule has 1 aromatic heterocycles. The van der Waals surface area contributed by atoms with Gasteiger partial charge in [0.05, 0.1) is 10.6 Å². The third kappa shape index (κ3) is 3.27. The van der Waals surface area contributed by atoms with Crippen LogP contribution in [0.5, 0.6) is 0 Å². The number of nitrogens with zero attached hydrogens (tertiary/aromatic N) is 1. The molecule has 0 fully saturated rings.